The molecule has 3 heterocycles. The molecule has 6 nitrogen and oxygen atoms in total. The van der Waals surface area contributed by atoms with Crippen molar-refractivity contribution in [2.75, 3.05) is 18.5 Å². The van der Waals surface area contributed by atoms with Gasteiger partial charge in [0.05, 0.1) is 18.9 Å². The Bertz CT molecular complexity index is 1080. The number of hydrogen-bond acceptors (Lipinski definition) is 7. The second kappa shape index (κ2) is 8.22. The van der Waals surface area contributed by atoms with Crippen molar-refractivity contribution in [3.05, 3.63) is 54.7 Å². The molecule has 4 aromatic rings. The Morgan fingerprint density at radius 3 is 2.57 bits per heavy atom. The van der Waals surface area contributed by atoms with Crippen LogP contribution >= 0.6 is 11.3 Å². The Kier molecular flexibility index (Phi) is 5.34. The van der Waals surface area contributed by atoms with E-state index in [1.165, 1.54) is 11.3 Å². The maximum Gasteiger partial charge on any atom is 0.257 e. The van der Waals surface area contributed by atoms with Gasteiger partial charge in [0.25, 0.3) is 5.88 Å². The van der Waals surface area contributed by atoms with Gasteiger partial charge >= 0.3 is 0 Å². The number of ether oxygens (including phenoxy) is 2. The van der Waals surface area contributed by atoms with E-state index in [9.17, 15) is 0 Å². The summed E-state index contributed by atoms with van der Waals surface area (Å²) in [5.41, 5.74) is 3.55. The highest BCUT2D eigenvalue weighted by Gasteiger charge is 2.12. The number of aromatic nitrogens is 3. The Hall–Kier alpha value is -3.19. The number of rotatable bonds is 7. The number of pyridine rings is 2. The van der Waals surface area contributed by atoms with Crippen LogP contribution in [0.1, 0.15) is 13.8 Å². The maximum absolute atomic E-state index is 5.67. The van der Waals surface area contributed by atoms with E-state index in [1.807, 2.05) is 62.4 Å². The lowest BCUT2D eigenvalue weighted by Crippen LogP contribution is -2.01. The highest BCUT2D eigenvalue weighted by molar-refractivity contribution is 7.21. The Labute approximate surface area is 167 Å². The summed E-state index contributed by atoms with van der Waals surface area (Å²) in [5, 5.41) is 4.13. The molecule has 142 valence electrons. The van der Waals surface area contributed by atoms with Gasteiger partial charge in [-0.25, -0.2) is 15.0 Å². The zero-order chi connectivity index (χ0) is 19.3. The van der Waals surface area contributed by atoms with Crippen LogP contribution in [0.5, 0.6) is 11.6 Å². The fraction of sp³-hybridized carbons (Fsp3) is 0.190. The number of fused-ring (bicyclic) bond motifs is 1. The molecule has 0 unspecified atom stereocenters. The molecule has 0 spiro atoms. The number of anilines is 2. The van der Waals surface area contributed by atoms with Crippen molar-refractivity contribution in [3.8, 4) is 22.9 Å². The summed E-state index contributed by atoms with van der Waals surface area (Å²) in [7, 11) is 0. The zero-order valence-corrected chi connectivity index (χ0v) is 16.5. The largest absolute Gasteiger partial charge is 0.488 e. The number of nitrogens with one attached hydrogen (secondary N) is 1. The minimum absolute atomic E-state index is 0.501. The molecule has 0 radical (unpaired) electrons. The molecule has 0 saturated carbocycles. The minimum atomic E-state index is 0.501. The number of hydrogen-bond donors (Lipinski definition) is 1. The van der Waals surface area contributed by atoms with E-state index in [-0.39, 0.29) is 0 Å². The first-order valence-corrected chi connectivity index (χ1v) is 9.94. The summed E-state index contributed by atoms with van der Waals surface area (Å²) in [6.07, 6.45) is 1.76. The summed E-state index contributed by atoms with van der Waals surface area (Å²) in [4.78, 5) is 14.6. The molecule has 28 heavy (non-hydrogen) atoms. The number of thiazole rings is 1. The average molecular weight is 392 g/mol. The Balaban J connectivity index is 1.65. The summed E-state index contributed by atoms with van der Waals surface area (Å²) >= 11 is 1.52. The molecule has 0 aliphatic rings. The van der Waals surface area contributed by atoms with Crippen LogP contribution in [0.4, 0.5) is 10.8 Å². The van der Waals surface area contributed by atoms with Gasteiger partial charge in [-0.2, -0.15) is 0 Å². The fourth-order valence-corrected chi connectivity index (χ4v) is 3.61. The molecule has 3 aromatic heterocycles. The van der Waals surface area contributed by atoms with E-state index in [0.717, 1.165) is 32.4 Å². The third kappa shape index (κ3) is 3.89. The van der Waals surface area contributed by atoms with Gasteiger partial charge in [-0.3, -0.25) is 0 Å². The first-order chi connectivity index (χ1) is 13.8. The topological polar surface area (TPSA) is 69.2 Å². The van der Waals surface area contributed by atoms with Crippen molar-refractivity contribution in [3.63, 3.8) is 0 Å². The molecule has 0 fully saturated rings. The molecule has 0 atom stereocenters. The van der Waals surface area contributed by atoms with Crippen molar-refractivity contribution in [2.24, 2.45) is 0 Å². The average Bonchev–Trinajstić information content (AvgIpc) is 3.12. The minimum Gasteiger partial charge on any atom is -0.488 e. The third-order valence-corrected chi connectivity index (χ3v) is 4.86. The molecular weight excluding hydrogens is 372 g/mol. The second-order valence-electron chi connectivity index (χ2n) is 5.92. The quantitative estimate of drug-likeness (QED) is 0.461. The lowest BCUT2D eigenvalue weighted by Gasteiger charge is -2.11. The summed E-state index contributed by atoms with van der Waals surface area (Å²) in [6, 6.07) is 15.8. The standard InChI is InChI=1S/C21H20N4O2S/c1-3-26-18-12-14(13-22-19(18)27-4-2)16-10-11-17-20(24-16)28-21(25-17)23-15-8-6-5-7-9-15/h5-13H,3-4H2,1-2H3,(H,23,25). The first kappa shape index (κ1) is 18.2. The van der Waals surface area contributed by atoms with Gasteiger partial charge in [0.1, 0.15) is 10.3 Å². The van der Waals surface area contributed by atoms with Crippen molar-refractivity contribution < 1.29 is 9.47 Å². The zero-order valence-electron chi connectivity index (χ0n) is 15.7. The van der Waals surface area contributed by atoms with Gasteiger partial charge in [-0.05, 0) is 44.2 Å². The molecule has 0 bridgehead atoms. The van der Waals surface area contributed by atoms with Gasteiger partial charge in [0, 0.05) is 17.4 Å². The fourth-order valence-electron chi connectivity index (χ4n) is 2.75. The normalized spacial score (nSPS) is 10.8. The van der Waals surface area contributed by atoms with E-state index in [2.05, 4.69) is 15.3 Å². The van der Waals surface area contributed by atoms with E-state index in [1.54, 1.807) is 6.20 Å². The van der Waals surface area contributed by atoms with Crippen LogP contribution in [0.15, 0.2) is 54.7 Å². The molecule has 1 aromatic carbocycles. The predicted molar refractivity (Wildman–Crippen MR) is 113 cm³/mol. The van der Waals surface area contributed by atoms with Crippen molar-refractivity contribution >= 4 is 32.5 Å². The summed E-state index contributed by atoms with van der Waals surface area (Å²) in [5.74, 6) is 1.13. The van der Waals surface area contributed by atoms with Gasteiger partial charge in [0.15, 0.2) is 10.9 Å². The van der Waals surface area contributed by atoms with Crippen LogP contribution in [0.3, 0.4) is 0 Å². The molecule has 4 rings (SSSR count). The molecule has 0 aliphatic carbocycles. The third-order valence-electron chi connectivity index (χ3n) is 3.98. The molecular formula is C21H20N4O2S. The molecule has 7 heteroatoms. The number of para-hydroxylation sites is 1. The first-order valence-electron chi connectivity index (χ1n) is 9.12. The number of nitrogens with zero attached hydrogens (tertiary/aromatic N) is 3. The SMILES string of the molecule is CCOc1cc(-c2ccc3nc(Nc4ccccc4)sc3n2)cnc1OCC. The molecule has 0 amide bonds. The molecule has 0 saturated heterocycles. The highest BCUT2D eigenvalue weighted by atomic mass is 32.1. The van der Waals surface area contributed by atoms with Gasteiger partial charge < -0.3 is 14.8 Å². The van der Waals surface area contributed by atoms with E-state index < -0.39 is 0 Å². The van der Waals surface area contributed by atoms with Crippen LogP contribution in [-0.2, 0) is 0 Å². The lowest BCUT2D eigenvalue weighted by atomic mass is 10.2. The maximum atomic E-state index is 5.67. The van der Waals surface area contributed by atoms with Crippen molar-refractivity contribution in [1.29, 1.82) is 0 Å². The van der Waals surface area contributed by atoms with Crippen LogP contribution in [0, 0.1) is 0 Å². The summed E-state index contributed by atoms with van der Waals surface area (Å²) < 4.78 is 11.2. The predicted octanol–water partition coefficient (Wildman–Crippen LogP) is 5.29. The highest BCUT2D eigenvalue weighted by Crippen LogP contribution is 2.32. The van der Waals surface area contributed by atoms with Crippen LogP contribution in [0.25, 0.3) is 21.6 Å². The Morgan fingerprint density at radius 1 is 0.964 bits per heavy atom. The van der Waals surface area contributed by atoms with E-state index in [4.69, 9.17) is 14.5 Å². The van der Waals surface area contributed by atoms with E-state index >= 15 is 0 Å². The molecule has 0 aliphatic heterocycles. The smallest absolute Gasteiger partial charge is 0.257 e. The van der Waals surface area contributed by atoms with Gasteiger partial charge in [-0.15, -0.1) is 0 Å². The second-order valence-corrected chi connectivity index (χ2v) is 6.90. The van der Waals surface area contributed by atoms with Gasteiger partial charge in [0.2, 0.25) is 0 Å². The van der Waals surface area contributed by atoms with Crippen molar-refractivity contribution in [1.82, 2.24) is 15.0 Å². The van der Waals surface area contributed by atoms with Crippen LogP contribution < -0.4 is 14.8 Å². The lowest BCUT2D eigenvalue weighted by molar-refractivity contribution is 0.278. The number of benzene rings is 1. The van der Waals surface area contributed by atoms with E-state index in [0.29, 0.717) is 24.8 Å². The summed E-state index contributed by atoms with van der Waals surface area (Å²) in [6.45, 7) is 4.94. The van der Waals surface area contributed by atoms with Crippen LogP contribution in [0.2, 0.25) is 0 Å². The monoisotopic (exact) mass is 392 g/mol. The molecule has 1 N–H and O–H groups in total. The van der Waals surface area contributed by atoms with Gasteiger partial charge in [-0.1, -0.05) is 29.5 Å². The van der Waals surface area contributed by atoms with Crippen molar-refractivity contribution in [2.45, 2.75) is 13.8 Å². The Morgan fingerprint density at radius 2 is 1.79 bits per heavy atom. The van der Waals surface area contributed by atoms with Crippen LogP contribution in [-0.4, -0.2) is 28.2 Å².